The zero-order chi connectivity index (χ0) is 12.4. The van der Waals surface area contributed by atoms with Crippen molar-refractivity contribution in [2.24, 2.45) is 0 Å². The van der Waals surface area contributed by atoms with Crippen molar-refractivity contribution in [1.29, 1.82) is 0 Å². The van der Waals surface area contributed by atoms with Crippen molar-refractivity contribution < 1.29 is 0 Å². The van der Waals surface area contributed by atoms with Crippen LogP contribution in [0.3, 0.4) is 0 Å². The largest absolute Gasteiger partial charge is 0.315 e. The van der Waals surface area contributed by atoms with Gasteiger partial charge in [0.05, 0.1) is 16.8 Å². The van der Waals surface area contributed by atoms with E-state index in [9.17, 15) is 0 Å². The van der Waals surface area contributed by atoms with E-state index in [2.05, 4.69) is 35.3 Å². The van der Waals surface area contributed by atoms with E-state index in [-0.39, 0.29) is 0 Å². The van der Waals surface area contributed by atoms with E-state index in [4.69, 9.17) is 4.98 Å². The van der Waals surface area contributed by atoms with Gasteiger partial charge in [-0.15, -0.1) is 11.3 Å². The lowest BCUT2D eigenvalue weighted by molar-refractivity contribution is 0.284. The number of hydrogen-bond donors (Lipinski definition) is 1. The molecule has 0 saturated carbocycles. The molecule has 3 nitrogen and oxygen atoms in total. The van der Waals surface area contributed by atoms with Crippen molar-refractivity contribution in [2.45, 2.75) is 19.9 Å². The van der Waals surface area contributed by atoms with Gasteiger partial charge in [-0.2, -0.15) is 0 Å². The summed E-state index contributed by atoms with van der Waals surface area (Å²) in [4.78, 5) is 7.26. The van der Waals surface area contributed by atoms with Gasteiger partial charge in [0, 0.05) is 13.1 Å². The molecule has 1 aliphatic heterocycles. The van der Waals surface area contributed by atoms with Crippen LogP contribution >= 0.6 is 11.3 Å². The Morgan fingerprint density at radius 2 is 2.28 bits per heavy atom. The molecule has 0 amide bonds. The fraction of sp³-hybridized carbons (Fsp3) is 0.500. The molecule has 3 rings (SSSR count). The standard InChI is InChI=1S/C14H19N3S/c1-11-3-4-13-12(9-11)16-14(18-13)10-17-7-2-5-15-6-8-17/h3-4,9,15H,2,5-8,10H2,1H3. The molecular formula is C14H19N3S. The Bertz CT molecular complexity index is 527. The van der Waals surface area contributed by atoms with Crippen LogP contribution in [0, 0.1) is 6.92 Å². The summed E-state index contributed by atoms with van der Waals surface area (Å²) >= 11 is 1.83. The lowest BCUT2D eigenvalue weighted by atomic mass is 10.2. The van der Waals surface area contributed by atoms with Gasteiger partial charge in [0.25, 0.3) is 0 Å². The molecule has 1 fully saturated rings. The fourth-order valence-corrected chi connectivity index (χ4v) is 3.39. The van der Waals surface area contributed by atoms with E-state index in [1.54, 1.807) is 0 Å². The first-order chi connectivity index (χ1) is 8.81. The minimum Gasteiger partial charge on any atom is -0.315 e. The SMILES string of the molecule is Cc1ccc2sc(CN3CCCNCC3)nc2c1. The highest BCUT2D eigenvalue weighted by atomic mass is 32.1. The smallest absolute Gasteiger partial charge is 0.108 e. The normalized spacial score (nSPS) is 18.1. The molecule has 0 spiro atoms. The van der Waals surface area contributed by atoms with Crippen LogP contribution in [0.2, 0.25) is 0 Å². The Balaban J connectivity index is 1.77. The predicted molar refractivity (Wildman–Crippen MR) is 77.1 cm³/mol. The van der Waals surface area contributed by atoms with E-state index in [1.807, 2.05) is 11.3 Å². The minimum absolute atomic E-state index is 1.00. The van der Waals surface area contributed by atoms with Gasteiger partial charge in [0.2, 0.25) is 0 Å². The van der Waals surface area contributed by atoms with Crippen LogP contribution < -0.4 is 5.32 Å². The van der Waals surface area contributed by atoms with Crippen LogP contribution in [-0.2, 0) is 6.54 Å². The lowest BCUT2D eigenvalue weighted by Crippen LogP contribution is -2.27. The molecule has 0 aliphatic carbocycles. The molecular weight excluding hydrogens is 242 g/mol. The Labute approximate surface area is 112 Å². The van der Waals surface area contributed by atoms with Crippen LogP contribution in [-0.4, -0.2) is 36.1 Å². The van der Waals surface area contributed by atoms with Gasteiger partial charge in [-0.25, -0.2) is 4.98 Å². The van der Waals surface area contributed by atoms with E-state index >= 15 is 0 Å². The van der Waals surface area contributed by atoms with Crippen molar-refractivity contribution in [2.75, 3.05) is 26.2 Å². The van der Waals surface area contributed by atoms with E-state index in [1.165, 1.54) is 28.2 Å². The van der Waals surface area contributed by atoms with Crippen molar-refractivity contribution in [3.8, 4) is 0 Å². The highest BCUT2D eigenvalue weighted by molar-refractivity contribution is 7.18. The number of rotatable bonds is 2. The Hall–Kier alpha value is -0.970. The molecule has 0 bridgehead atoms. The van der Waals surface area contributed by atoms with Crippen molar-refractivity contribution in [3.63, 3.8) is 0 Å². The molecule has 18 heavy (non-hydrogen) atoms. The molecule has 0 radical (unpaired) electrons. The van der Waals surface area contributed by atoms with Gasteiger partial charge in [-0.05, 0) is 44.1 Å². The van der Waals surface area contributed by atoms with Crippen molar-refractivity contribution in [1.82, 2.24) is 15.2 Å². The van der Waals surface area contributed by atoms with Crippen LogP contribution in [0.4, 0.5) is 0 Å². The van der Waals surface area contributed by atoms with Crippen LogP contribution in [0.1, 0.15) is 17.0 Å². The van der Waals surface area contributed by atoms with Crippen LogP contribution in [0.5, 0.6) is 0 Å². The second-order valence-electron chi connectivity index (χ2n) is 4.96. The van der Waals surface area contributed by atoms with Gasteiger partial charge in [-0.1, -0.05) is 6.07 Å². The monoisotopic (exact) mass is 261 g/mol. The number of benzene rings is 1. The maximum absolute atomic E-state index is 4.75. The fourth-order valence-electron chi connectivity index (χ4n) is 2.40. The maximum atomic E-state index is 4.75. The average molecular weight is 261 g/mol. The molecule has 1 N–H and O–H groups in total. The zero-order valence-electron chi connectivity index (χ0n) is 10.8. The second kappa shape index (κ2) is 5.34. The van der Waals surface area contributed by atoms with Gasteiger partial charge >= 0.3 is 0 Å². The molecule has 4 heteroatoms. The minimum atomic E-state index is 1.00. The number of aromatic nitrogens is 1. The Morgan fingerprint density at radius 1 is 1.33 bits per heavy atom. The molecule has 1 aromatic carbocycles. The number of aryl methyl sites for hydroxylation is 1. The first-order valence-corrected chi connectivity index (χ1v) is 7.42. The van der Waals surface area contributed by atoms with Gasteiger partial charge in [0.15, 0.2) is 0 Å². The third-order valence-electron chi connectivity index (χ3n) is 3.38. The summed E-state index contributed by atoms with van der Waals surface area (Å²) in [6, 6.07) is 6.54. The average Bonchev–Trinajstić information content (AvgIpc) is 2.57. The molecule has 0 atom stereocenters. The van der Waals surface area contributed by atoms with Gasteiger partial charge < -0.3 is 5.32 Å². The molecule has 96 valence electrons. The van der Waals surface area contributed by atoms with Crippen LogP contribution in [0.25, 0.3) is 10.2 Å². The summed E-state index contributed by atoms with van der Waals surface area (Å²) in [5.41, 5.74) is 2.45. The van der Waals surface area contributed by atoms with Crippen molar-refractivity contribution in [3.05, 3.63) is 28.8 Å². The van der Waals surface area contributed by atoms with E-state index in [0.29, 0.717) is 0 Å². The third kappa shape index (κ3) is 2.71. The quantitative estimate of drug-likeness (QED) is 0.900. The summed E-state index contributed by atoms with van der Waals surface area (Å²) in [6.07, 6.45) is 1.24. The van der Waals surface area contributed by atoms with E-state index in [0.717, 1.165) is 31.7 Å². The Kier molecular flexibility index (Phi) is 3.59. The number of fused-ring (bicyclic) bond motifs is 1. The lowest BCUT2D eigenvalue weighted by Gasteiger charge is -2.17. The van der Waals surface area contributed by atoms with Gasteiger partial charge in [-0.3, -0.25) is 4.90 Å². The van der Waals surface area contributed by atoms with Crippen LogP contribution in [0.15, 0.2) is 18.2 Å². The van der Waals surface area contributed by atoms with Gasteiger partial charge in [0.1, 0.15) is 5.01 Å². The summed E-state index contributed by atoms with van der Waals surface area (Å²) in [7, 11) is 0. The molecule has 2 aromatic rings. The summed E-state index contributed by atoms with van der Waals surface area (Å²) < 4.78 is 1.31. The number of hydrogen-bond acceptors (Lipinski definition) is 4. The molecule has 1 aliphatic rings. The van der Waals surface area contributed by atoms with E-state index < -0.39 is 0 Å². The summed E-state index contributed by atoms with van der Waals surface area (Å²) in [5.74, 6) is 0. The summed E-state index contributed by atoms with van der Waals surface area (Å²) in [6.45, 7) is 7.69. The first-order valence-electron chi connectivity index (χ1n) is 6.60. The van der Waals surface area contributed by atoms with Crippen molar-refractivity contribution >= 4 is 21.6 Å². The number of thiazole rings is 1. The predicted octanol–water partition coefficient (Wildman–Crippen LogP) is 2.40. The second-order valence-corrected chi connectivity index (χ2v) is 6.07. The summed E-state index contributed by atoms with van der Waals surface area (Å²) in [5, 5.41) is 4.69. The molecule has 1 aromatic heterocycles. The number of nitrogens with zero attached hydrogens (tertiary/aromatic N) is 2. The third-order valence-corrected chi connectivity index (χ3v) is 4.40. The highest BCUT2D eigenvalue weighted by Gasteiger charge is 2.11. The molecule has 2 heterocycles. The molecule has 1 saturated heterocycles. The maximum Gasteiger partial charge on any atom is 0.108 e. The number of nitrogens with one attached hydrogen (secondary N) is 1. The Morgan fingerprint density at radius 3 is 3.22 bits per heavy atom. The molecule has 0 unspecified atom stereocenters. The topological polar surface area (TPSA) is 28.2 Å². The highest BCUT2D eigenvalue weighted by Crippen LogP contribution is 2.24. The zero-order valence-corrected chi connectivity index (χ0v) is 11.6. The first kappa shape index (κ1) is 12.1.